The quantitative estimate of drug-likeness (QED) is 0.872. The predicted octanol–water partition coefficient (Wildman–Crippen LogP) is 3.83. The van der Waals surface area contributed by atoms with Gasteiger partial charge in [-0.15, -0.1) is 0 Å². The van der Waals surface area contributed by atoms with Crippen LogP contribution in [0.2, 0.25) is 0 Å². The highest BCUT2D eigenvalue weighted by atomic mass is 19.3. The van der Waals surface area contributed by atoms with Crippen LogP contribution in [0.1, 0.15) is 62.1 Å². The number of rotatable bonds is 4. The van der Waals surface area contributed by atoms with Crippen molar-refractivity contribution in [3.8, 4) is 5.75 Å². The van der Waals surface area contributed by atoms with Gasteiger partial charge in [0.15, 0.2) is 0 Å². The van der Waals surface area contributed by atoms with Gasteiger partial charge in [0, 0.05) is 17.5 Å². The SMILES string of the molecule is CC(C)c1cc(C(F)F)c(O)c(C2(CN)CCC2)c1. The van der Waals surface area contributed by atoms with Crippen LogP contribution in [-0.4, -0.2) is 11.7 Å². The minimum atomic E-state index is -2.66. The minimum Gasteiger partial charge on any atom is -0.507 e. The first-order chi connectivity index (χ1) is 8.91. The molecule has 0 unspecified atom stereocenters. The standard InChI is InChI=1S/C15H21F2NO/c1-9(2)10-6-11(14(16)17)13(19)12(7-10)15(8-18)4-3-5-15/h6-7,9,14,19H,3-5,8,18H2,1-2H3. The van der Waals surface area contributed by atoms with Crippen molar-refractivity contribution in [3.63, 3.8) is 0 Å². The molecule has 0 amide bonds. The lowest BCUT2D eigenvalue weighted by molar-refractivity contribution is 0.146. The molecule has 2 nitrogen and oxygen atoms in total. The summed E-state index contributed by atoms with van der Waals surface area (Å²) in [6.07, 6.45) is 0.0992. The van der Waals surface area contributed by atoms with Crippen molar-refractivity contribution < 1.29 is 13.9 Å². The molecule has 106 valence electrons. The van der Waals surface area contributed by atoms with Crippen molar-refractivity contribution in [2.24, 2.45) is 5.73 Å². The third kappa shape index (κ3) is 2.34. The summed E-state index contributed by atoms with van der Waals surface area (Å²) in [5, 5.41) is 10.2. The van der Waals surface area contributed by atoms with Gasteiger partial charge in [0.2, 0.25) is 0 Å². The van der Waals surface area contributed by atoms with Crippen LogP contribution in [0.25, 0.3) is 0 Å². The van der Waals surface area contributed by atoms with Gasteiger partial charge in [0.05, 0.1) is 5.56 Å². The maximum Gasteiger partial charge on any atom is 0.267 e. The number of aromatic hydroxyl groups is 1. The van der Waals surface area contributed by atoms with Crippen molar-refractivity contribution in [2.75, 3.05) is 6.54 Å². The average Bonchev–Trinajstić information content (AvgIpc) is 2.29. The van der Waals surface area contributed by atoms with Crippen LogP contribution >= 0.6 is 0 Å². The van der Waals surface area contributed by atoms with E-state index in [9.17, 15) is 13.9 Å². The number of hydrogen-bond acceptors (Lipinski definition) is 2. The summed E-state index contributed by atoms with van der Waals surface area (Å²) in [6, 6.07) is 3.27. The Morgan fingerprint density at radius 1 is 1.32 bits per heavy atom. The number of benzene rings is 1. The van der Waals surface area contributed by atoms with E-state index in [1.54, 1.807) is 0 Å². The van der Waals surface area contributed by atoms with E-state index in [2.05, 4.69) is 0 Å². The van der Waals surface area contributed by atoms with Crippen molar-refractivity contribution in [3.05, 3.63) is 28.8 Å². The summed E-state index contributed by atoms with van der Waals surface area (Å²) in [7, 11) is 0. The molecule has 0 aromatic heterocycles. The summed E-state index contributed by atoms with van der Waals surface area (Å²) in [4.78, 5) is 0. The molecule has 0 radical (unpaired) electrons. The number of hydrogen-bond donors (Lipinski definition) is 2. The molecule has 19 heavy (non-hydrogen) atoms. The molecule has 0 aliphatic heterocycles. The van der Waals surface area contributed by atoms with E-state index in [0.717, 1.165) is 24.8 Å². The lowest BCUT2D eigenvalue weighted by Gasteiger charge is -2.42. The fourth-order valence-electron chi connectivity index (χ4n) is 2.77. The molecule has 2 rings (SSSR count). The van der Waals surface area contributed by atoms with Crippen molar-refractivity contribution >= 4 is 0 Å². The maximum absolute atomic E-state index is 13.1. The van der Waals surface area contributed by atoms with Crippen LogP contribution in [0, 0.1) is 0 Å². The predicted molar refractivity (Wildman–Crippen MR) is 71.7 cm³/mol. The Morgan fingerprint density at radius 2 is 1.95 bits per heavy atom. The molecule has 3 N–H and O–H groups in total. The zero-order valence-corrected chi connectivity index (χ0v) is 11.4. The van der Waals surface area contributed by atoms with Gasteiger partial charge in [-0.2, -0.15) is 0 Å². The van der Waals surface area contributed by atoms with Gasteiger partial charge < -0.3 is 10.8 Å². The van der Waals surface area contributed by atoms with Crippen LogP contribution in [0.4, 0.5) is 8.78 Å². The second-order valence-corrected chi connectivity index (χ2v) is 5.80. The van der Waals surface area contributed by atoms with Crippen LogP contribution in [0.15, 0.2) is 12.1 Å². The molecule has 0 atom stereocenters. The van der Waals surface area contributed by atoms with E-state index in [-0.39, 0.29) is 22.6 Å². The summed E-state index contributed by atoms with van der Waals surface area (Å²) in [5.41, 5.74) is 6.70. The second-order valence-electron chi connectivity index (χ2n) is 5.80. The number of phenolic OH excluding ortho intramolecular Hbond substituents is 1. The van der Waals surface area contributed by atoms with E-state index in [4.69, 9.17) is 5.73 Å². The Balaban J connectivity index is 2.58. The highest BCUT2D eigenvalue weighted by Gasteiger charge is 2.40. The number of halogens is 2. The molecule has 1 aromatic carbocycles. The average molecular weight is 269 g/mol. The first kappa shape index (κ1) is 14.3. The molecule has 4 heteroatoms. The zero-order valence-electron chi connectivity index (χ0n) is 11.4. The number of phenols is 1. The third-order valence-corrected chi connectivity index (χ3v) is 4.34. The Hall–Kier alpha value is -1.16. The zero-order chi connectivity index (χ0) is 14.2. The van der Waals surface area contributed by atoms with Gasteiger partial charge >= 0.3 is 0 Å². The summed E-state index contributed by atoms with van der Waals surface area (Å²) in [5.74, 6) is -0.115. The van der Waals surface area contributed by atoms with E-state index in [0.29, 0.717) is 12.1 Å². The number of alkyl halides is 2. The summed E-state index contributed by atoms with van der Waals surface area (Å²) >= 11 is 0. The maximum atomic E-state index is 13.1. The topological polar surface area (TPSA) is 46.2 Å². The lowest BCUT2D eigenvalue weighted by atomic mass is 9.63. The molecule has 1 aliphatic rings. The monoisotopic (exact) mass is 269 g/mol. The molecule has 0 saturated heterocycles. The van der Waals surface area contributed by atoms with Crippen LogP contribution in [0.3, 0.4) is 0 Å². The second kappa shape index (κ2) is 5.08. The van der Waals surface area contributed by atoms with E-state index in [1.165, 1.54) is 6.07 Å². The Kier molecular flexibility index (Phi) is 3.81. The first-order valence-corrected chi connectivity index (χ1v) is 6.77. The molecule has 1 aliphatic carbocycles. The third-order valence-electron chi connectivity index (χ3n) is 4.34. The molecular weight excluding hydrogens is 248 g/mol. The highest BCUT2D eigenvalue weighted by Crippen LogP contribution is 2.49. The van der Waals surface area contributed by atoms with Gasteiger partial charge in [-0.3, -0.25) is 0 Å². The molecule has 1 aromatic rings. The molecule has 0 spiro atoms. The van der Waals surface area contributed by atoms with Gasteiger partial charge in [0.1, 0.15) is 5.75 Å². The Bertz CT molecular complexity index is 462. The fourth-order valence-corrected chi connectivity index (χ4v) is 2.77. The van der Waals surface area contributed by atoms with Gasteiger partial charge in [-0.05, 0) is 30.4 Å². The van der Waals surface area contributed by atoms with E-state index >= 15 is 0 Å². The number of nitrogens with two attached hydrogens (primary N) is 1. The van der Waals surface area contributed by atoms with Gasteiger partial charge in [-0.1, -0.05) is 26.3 Å². The first-order valence-electron chi connectivity index (χ1n) is 6.77. The normalized spacial score (nSPS) is 17.8. The van der Waals surface area contributed by atoms with E-state index in [1.807, 2.05) is 19.9 Å². The Labute approximate surface area is 112 Å². The fraction of sp³-hybridized carbons (Fsp3) is 0.600. The summed E-state index contributed by atoms with van der Waals surface area (Å²) < 4.78 is 26.1. The van der Waals surface area contributed by atoms with Crippen LogP contribution in [0.5, 0.6) is 5.75 Å². The largest absolute Gasteiger partial charge is 0.507 e. The highest BCUT2D eigenvalue weighted by molar-refractivity contribution is 5.50. The van der Waals surface area contributed by atoms with E-state index < -0.39 is 6.43 Å². The molecule has 0 heterocycles. The minimum absolute atomic E-state index is 0.145. The lowest BCUT2D eigenvalue weighted by Crippen LogP contribution is -2.41. The molecule has 1 saturated carbocycles. The Morgan fingerprint density at radius 3 is 2.32 bits per heavy atom. The molecule has 1 fully saturated rings. The molecule has 0 bridgehead atoms. The van der Waals surface area contributed by atoms with Crippen molar-refractivity contribution in [1.29, 1.82) is 0 Å². The van der Waals surface area contributed by atoms with Crippen LogP contribution in [-0.2, 0) is 5.41 Å². The van der Waals surface area contributed by atoms with Crippen LogP contribution < -0.4 is 5.73 Å². The smallest absolute Gasteiger partial charge is 0.267 e. The summed E-state index contributed by atoms with van der Waals surface area (Å²) in [6.45, 7) is 4.31. The molecular formula is C15H21F2NO. The van der Waals surface area contributed by atoms with Gasteiger partial charge in [-0.25, -0.2) is 8.78 Å². The van der Waals surface area contributed by atoms with Crippen molar-refractivity contribution in [1.82, 2.24) is 0 Å². The van der Waals surface area contributed by atoms with Crippen molar-refractivity contribution in [2.45, 2.75) is 50.9 Å². The van der Waals surface area contributed by atoms with Gasteiger partial charge in [0.25, 0.3) is 6.43 Å².